The molecule has 0 spiro atoms. The first-order chi connectivity index (χ1) is 13.6. The van der Waals surface area contributed by atoms with Crippen LogP contribution in [0.15, 0.2) is 88.7 Å². The smallest absolute Gasteiger partial charge is 0.224 e. The van der Waals surface area contributed by atoms with Crippen LogP contribution in [0.1, 0.15) is 18.5 Å². The minimum atomic E-state index is -3.79. The van der Waals surface area contributed by atoms with Crippen LogP contribution in [0.2, 0.25) is 0 Å². The Morgan fingerprint density at radius 1 is 0.759 bits per heavy atom. The molecule has 0 bridgehead atoms. The van der Waals surface area contributed by atoms with E-state index in [9.17, 15) is 16.8 Å². The minimum Gasteiger partial charge on any atom is -0.224 e. The Bertz CT molecular complexity index is 1200. The molecule has 7 heteroatoms. The zero-order valence-electron chi connectivity index (χ0n) is 16.5. The predicted octanol–water partition coefficient (Wildman–Crippen LogP) is 4.14. The Balaban J connectivity index is 1.98. The Morgan fingerprint density at radius 3 is 1.90 bits per heavy atom. The van der Waals surface area contributed by atoms with Crippen molar-refractivity contribution in [3.63, 3.8) is 0 Å². The number of hydrogen-bond donors (Lipinski definition) is 0. The first-order valence-corrected chi connectivity index (χ1v) is 12.4. The number of sulfone groups is 1. The van der Waals surface area contributed by atoms with Gasteiger partial charge >= 0.3 is 0 Å². The van der Waals surface area contributed by atoms with Gasteiger partial charge in [-0.2, -0.15) is 4.31 Å². The summed E-state index contributed by atoms with van der Waals surface area (Å²) in [6, 6.07) is 22.1. The van der Waals surface area contributed by atoms with Gasteiger partial charge in [0, 0.05) is 24.9 Å². The van der Waals surface area contributed by atoms with Crippen molar-refractivity contribution in [1.29, 1.82) is 0 Å². The number of nitrogens with zero attached hydrogens (tertiary/aromatic N) is 1. The fourth-order valence-corrected chi connectivity index (χ4v) is 5.31. The maximum atomic E-state index is 13.4. The molecule has 1 atom stereocenters. The van der Waals surface area contributed by atoms with Crippen molar-refractivity contribution in [3.8, 4) is 11.1 Å². The molecular weight excluding hydrogens is 406 g/mol. The third-order valence-corrected chi connectivity index (χ3v) is 8.08. The van der Waals surface area contributed by atoms with E-state index in [4.69, 9.17) is 0 Å². The van der Waals surface area contributed by atoms with Crippen LogP contribution in [0, 0.1) is 0 Å². The van der Waals surface area contributed by atoms with Crippen LogP contribution in [0.5, 0.6) is 0 Å². The fraction of sp³-hybridized carbons (Fsp3) is 0.182. The molecule has 0 N–H and O–H groups in total. The second kappa shape index (κ2) is 8.10. The SMILES string of the molecule is CC(c1ccc(S(C)(=O)=O)cc1)N(C)S(=O)(=O)c1ccccc1-c1ccccc1. The Labute approximate surface area is 172 Å². The predicted molar refractivity (Wildman–Crippen MR) is 115 cm³/mol. The van der Waals surface area contributed by atoms with Crippen LogP contribution in [0.3, 0.4) is 0 Å². The molecule has 0 fully saturated rings. The molecule has 3 aromatic rings. The molecule has 3 aromatic carbocycles. The summed E-state index contributed by atoms with van der Waals surface area (Å²) >= 11 is 0. The van der Waals surface area contributed by atoms with Gasteiger partial charge in [-0.25, -0.2) is 16.8 Å². The largest absolute Gasteiger partial charge is 0.243 e. The lowest BCUT2D eigenvalue weighted by Gasteiger charge is -2.26. The van der Waals surface area contributed by atoms with Gasteiger partial charge in [-0.05, 0) is 36.2 Å². The molecule has 0 amide bonds. The molecule has 0 radical (unpaired) electrons. The third kappa shape index (κ3) is 4.42. The quantitative estimate of drug-likeness (QED) is 0.590. The average Bonchev–Trinajstić information content (AvgIpc) is 2.72. The van der Waals surface area contributed by atoms with E-state index in [1.54, 1.807) is 37.3 Å². The highest BCUT2D eigenvalue weighted by Gasteiger charge is 2.28. The van der Waals surface area contributed by atoms with Gasteiger partial charge in [0.25, 0.3) is 0 Å². The van der Waals surface area contributed by atoms with Crippen molar-refractivity contribution >= 4 is 19.9 Å². The summed E-state index contributed by atoms with van der Waals surface area (Å²) in [7, 11) is -5.56. The van der Waals surface area contributed by atoms with Gasteiger partial charge in [0.2, 0.25) is 10.0 Å². The highest BCUT2D eigenvalue weighted by molar-refractivity contribution is 7.90. The summed E-state index contributed by atoms with van der Waals surface area (Å²) in [5, 5.41) is 0. The molecule has 0 aromatic heterocycles. The molecule has 3 rings (SSSR count). The second-order valence-electron chi connectivity index (χ2n) is 6.90. The second-order valence-corrected chi connectivity index (χ2v) is 10.9. The number of rotatable bonds is 6. The minimum absolute atomic E-state index is 0.202. The van der Waals surface area contributed by atoms with Crippen LogP contribution in [-0.2, 0) is 19.9 Å². The van der Waals surface area contributed by atoms with Gasteiger partial charge < -0.3 is 0 Å². The van der Waals surface area contributed by atoms with E-state index in [2.05, 4.69) is 0 Å². The number of hydrogen-bond acceptors (Lipinski definition) is 4. The molecule has 0 saturated heterocycles. The van der Waals surface area contributed by atoms with Crippen LogP contribution in [-0.4, -0.2) is 34.4 Å². The molecular formula is C22H23NO4S2. The van der Waals surface area contributed by atoms with Crippen LogP contribution < -0.4 is 0 Å². The average molecular weight is 430 g/mol. The van der Waals surface area contributed by atoms with Gasteiger partial charge in [-0.3, -0.25) is 0 Å². The van der Waals surface area contributed by atoms with Crippen molar-refractivity contribution in [1.82, 2.24) is 4.31 Å². The van der Waals surface area contributed by atoms with Crippen molar-refractivity contribution < 1.29 is 16.8 Å². The van der Waals surface area contributed by atoms with Crippen molar-refractivity contribution in [2.24, 2.45) is 0 Å². The van der Waals surface area contributed by atoms with Crippen molar-refractivity contribution in [3.05, 3.63) is 84.4 Å². The molecule has 1 unspecified atom stereocenters. The van der Waals surface area contributed by atoms with E-state index in [1.165, 1.54) is 23.5 Å². The lowest BCUT2D eigenvalue weighted by Crippen LogP contribution is -2.30. The summed E-state index contributed by atoms with van der Waals surface area (Å²) in [4.78, 5) is 0.432. The molecule has 5 nitrogen and oxygen atoms in total. The van der Waals surface area contributed by atoms with Gasteiger partial charge in [0.1, 0.15) is 0 Å². The van der Waals surface area contributed by atoms with Crippen molar-refractivity contribution in [2.75, 3.05) is 13.3 Å². The summed E-state index contributed by atoms with van der Waals surface area (Å²) in [6.45, 7) is 1.78. The molecule has 0 saturated carbocycles. The van der Waals surface area contributed by atoms with E-state index in [0.717, 1.165) is 11.8 Å². The molecule has 29 heavy (non-hydrogen) atoms. The van der Waals surface area contributed by atoms with E-state index in [1.807, 2.05) is 36.4 Å². The Morgan fingerprint density at radius 2 is 1.31 bits per heavy atom. The lowest BCUT2D eigenvalue weighted by atomic mass is 10.1. The highest BCUT2D eigenvalue weighted by atomic mass is 32.2. The summed E-state index contributed by atoms with van der Waals surface area (Å²) in [6.07, 6.45) is 1.14. The van der Waals surface area contributed by atoms with Crippen LogP contribution in [0.25, 0.3) is 11.1 Å². The normalized spacial score (nSPS) is 13.4. The van der Waals surface area contributed by atoms with E-state index in [-0.39, 0.29) is 9.79 Å². The summed E-state index contributed by atoms with van der Waals surface area (Å²) in [5.41, 5.74) is 2.17. The standard InChI is InChI=1S/C22H23NO4S2/c1-17(18-13-15-20(16-14-18)28(3,24)25)23(2)29(26,27)22-12-8-7-11-21(22)19-9-5-4-6-10-19/h4-17H,1-3H3. The monoisotopic (exact) mass is 429 g/mol. The van der Waals surface area contributed by atoms with E-state index in [0.29, 0.717) is 11.1 Å². The first kappa shape index (κ1) is 21.2. The van der Waals surface area contributed by atoms with E-state index >= 15 is 0 Å². The van der Waals surface area contributed by atoms with Gasteiger partial charge in [0.15, 0.2) is 9.84 Å². The fourth-order valence-electron chi connectivity index (χ4n) is 3.11. The van der Waals surface area contributed by atoms with Gasteiger partial charge in [-0.15, -0.1) is 0 Å². The van der Waals surface area contributed by atoms with Gasteiger partial charge in [-0.1, -0.05) is 60.7 Å². The van der Waals surface area contributed by atoms with E-state index < -0.39 is 25.9 Å². The number of sulfonamides is 1. The molecule has 0 heterocycles. The lowest BCUT2D eigenvalue weighted by molar-refractivity contribution is 0.398. The van der Waals surface area contributed by atoms with Crippen LogP contribution >= 0.6 is 0 Å². The molecule has 152 valence electrons. The summed E-state index contributed by atoms with van der Waals surface area (Å²) < 4.78 is 51.4. The maximum Gasteiger partial charge on any atom is 0.243 e. The molecule has 0 aliphatic rings. The first-order valence-electron chi connectivity index (χ1n) is 9.05. The highest BCUT2D eigenvalue weighted by Crippen LogP contribution is 2.32. The van der Waals surface area contributed by atoms with Crippen LogP contribution in [0.4, 0.5) is 0 Å². The summed E-state index contributed by atoms with van der Waals surface area (Å²) in [5.74, 6) is 0. The Kier molecular flexibility index (Phi) is 5.93. The molecule has 0 aliphatic carbocycles. The van der Waals surface area contributed by atoms with Gasteiger partial charge in [0.05, 0.1) is 9.79 Å². The Hall–Kier alpha value is -2.48. The zero-order chi connectivity index (χ0) is 21.2. The topological polar surface area (TPSA) is 71.5 Å². The third-order valence-electron chi connectivity index (χ3n) is 4.96. The molecule has 0 aliphatic heterocycles. The maximum absolute atomic E-state index is 13.4. The zero-order valence-corrected chi connectivity index (χ0v) is 18.1. The number of benzene rings is 3. The van der Waals surface area contributed by atoms with Crippen molar-refractivity contribution in [2.45, 2.75) is 22.8 Å².